The van der Waals surface area contributed by atoms with Gasteiger partial charge in [-0.2, -0.15) is 4.31 Å². The lowest BCUT2D eigenvalue weighted by atomic mass is 10.1. The third kappa shape index (κ3) is 2.95. The summed E-state index contributed by atoms with van der Waals surface area (Å²) in [6, 6.07) is 3.47. The summed E-state index contributed by atoms with van der Waals surface area (Å²) in [5.74, 6) is 0.404. The molecule has 0 bridgehead atoms. The number of benzene rings is 1. The number of piperidine rings is 1. The maximum Gasteiger partial charge on any atom is 0.246 e. The molecular weight excluding hydrogens is 298 g/mol. The number of sulfonamides is 1. The normalized spacial score (nSPS) is 18.2. The molecule has 2 rings (SSSR count). The topological polar surface area (TPSA) is 46.6 Å². The number of nitrogens with zero attached hydrogens (tertiary/aromatic N) is 1. The largest absolute Gasteiger partial charge is 0.495 e. The molecule has 0 atom stereocenters. The van der Waals surface area contributed by atoms with Gasteiger partial charge in [0.05, 0.1) is 7.11 Å². The highest BCUT2D eigenvalue weighted by atomic mass is 35.5. The van der Waals surface area contributed by atoms with Crippen LogP contribution in [0.25, 0.3) is 0 Å². The van der Waals surface area contributed by atoms with Gasteiger partial charge in [0.25, 0.3) is 0 Å². The zero-order valence-corrected chi connectivity index (χ0v) is 13.6. The van der Waals surface area contributed by atoms with Crippen molar-refractivity contribution in [3.63, 3.8) is 0 Å². The molecule has 0 spiro atoms. The second-order valence-electron chi connectivity index (χ2n) is 5.17. The maximum absolute atomic E-state index is 12.7. The molecule has 1 aromatic carbocycles. The summed E-state index contributed by atoms with van der Waals surface area (Å²) in [6.45, 7) is 4.77. The van der Waals surface area contributed by atoms with Crippen molar-refractivity contribution >= 4 is 21.6 Å². The van der Waals surface area contributed by atoms with Crippen molar-refractivity contribution in [2.24, 2.45) is 0 Å². The first-order valence-corrected chi connectivity index (χ1v) is 8.53. The Kier molecular flexibility index (Phi) is 4.62. The molecule has 0 N–H and O–H groups in total. The van der Waals surface area contributed by atoms with Gasteiger partial charge in [-0.25, -0.2) is 8.42 Å². The number of methoxy groups -OCH3 is 1. The van der Waals surface area contributed by atoms with Gasteiger partial charge in [0.2, 0.25) is 10.0 Å². The van der Waals surface area contributed by atoms with Crippen molar-refractivity contribution in [3.05, 3.63) is 23.3 Å². The molecule has 1 aliphatic rings. The fraction of sp³-hybridized carbons (Fsp3) is 0.571. The first-order valence-electron chi connectivity index (χ1n) is 6.65. The van der Waals surface area contributed by atoms with Gasteiger partial charge in [0, 0.05) is 18.5 Å². The van der Waals surface area contributed by atoms with Gasteiger partial charge < -0.3 is 4.74 Å². The Morgan fingerprint density at radius 3 is 2.30 bits per heavy atom. The van der Waals surface area contributed by atoms with E-state index in [1.165, 1.54) is 11.4 Å². The Morgan fingerprint density at radius 1 is 1.20 bits per heavy atom. The summed E-state index contributed by atoms with van der Waals surface area (Å²) >= 11 is 6.04. The quantitative estimate of drug-likeness (QED) is 0.805. The number of aryl methyl sites for hydroxylation is 2. The minimum absolute atomic E-state index is 0.0723. The van der Waals surface area contributed by atoms with E-state index >= 15 is 0 Å². The fourth-order valence-electron chi connectivity index (χ4n) is 2.33. The van der Waals surface area contributed by atoms with Gasteiger partial charge >= 0.3 is 0 Å². The van der Waals surface area contributed by atoms with Gasteiger partial charge in [-0.1, -0.05) is 0 Å². The number of rotatable bonds is 3. The molecule has 6 heteroatoms. The Balaban J connectivity index is 2.41. The predicted molar refractivity (Wildman–Crippen MR) is 80.1 cm³/mol. The second-order valence-corrected chi connectivity index (χ2v) is 7.69. The fourth-order valence-corrected chi connectivity index (χ4v) is 4.22. The zero-order chi connectivity index (χ0) is 14.9. The van der Waals surface area contributed by atoms with Crippen molar-refractivity contribution in [1.82, 2.24) is 4.31 Å². The SMILES string of the molecule is COc1cc(C)c(C)cc1S(=O)(=O)N1CCC(Cl)CC1. The van der Waals surface area contributed by atoms with E-state index in [2.05, 4.69) is 0 Å². The summed E-state index contributed by atoms with van der Waals surface area (Å²) in [5.41, 5.74) is 1.96. The third-order valence-corrected chi connectivity index (χ3v) is 6.14. The molecule has 0 amide bonds. The van der Waals surface area contributed by atoms with Crippen LogP contribution in [0.2, 0.25) is 0 Å². The van der Waals surface area contributed by atoms with Gasteiger partial charge in [0.1, 0.15) is 10.6 Å². The lowest BCUT2D eigenvalue weighted by molar-refractivity contribution is 0.346. The average molecular weight is 318 g/mol. The van der Waals surface area contributed by atoms with E-state index in [0.717, 1.165) is 11.1 Å². The van der Waals surface area contributed by atoms with Crippen LogP contribution in [0, 0.1) is 13.8 Å². The van der Waals surface area contributed by atoms with Gasteiger partial charge in [-0.15, -0.1) is 11.6 Å². The Bertz CT molecular complexity index is 593. The summed E-state index contributed by atoms with van der Waals surface area (Å²) in [5, 5.41) is 0.0723. The molecule has 1 fully saturated rings. The number of hydrogen-bond donors (Lipinski definition) is 0. The monoisotopic (exact) mass is 317 g/mol. The van der Waals surface area contributed by atoms with Crippen molar-refractivity contribution in [2.45, 2.75) is 37.0 Å². The van der Waals surface area contributed by atoms with Crippen molar-refractivity contribution in [3.8, 4) is 5.75 Å². The highest BCUT2D eigenvalue weighted by Gasteiger charge is 2.31. The molecule has 112 valence electrons. The number of ether oxygens (including phenoxy) is 1. The van der Waals surface area contributed by atoms with Gasteiger partial charge in [-0.3, -0.25) is 0 Å². The minimum Gasteiger partial charge on any atom is -0.495 e. The van der Waals surface area contributed by atoms with Crippen LogP contribution in [0.4, 0.5) is 0 Å². The van der Waals surface area contributed by atoms with Crippen LogP contribution >= 0.6 is 11.6 Å². The third-order valence-electron chi connectivity index (χ3n) is 3.78. The van der Waals surface area contributed by atoms with E-state index in [4.69, 9.17) is 16.3 Å². The summed E-state index contributed by atoms with van der Waals surface area (Å²) < 4.78 is 32.2. The highest BCUT2D eigenvalue weighted by Crippen LogP contribution is 2.31. The van der Waals surface area contributed by atoms with Crippen LogP contribution < -0.4 is 4.74 Å². The lowest BCUT2D eigenvalue weighted by Gasteiger charge is -2.29. The van der Waals surface area contributed by atoms with Crippen LogP contribution in [0.5, 0.6) is 5.75 Å². The Labute approximate surface area is 125 Å². The first-order chi connectivity index (χ1) is 9.36. The summed E-state index contributed by atoms with van der Waals surface area (Å²) in [6.07, 6.45) is 1.38. The molecule has 0 unspecified atom stereocenters. The van der Waals surface area contributed by atoms with Crippen molar-refractivity contribution < 1.29 is 13.2 Å². The van der Waals surface area contributed by atoms with E-state index in [1.54, 1.807) is 12.1 Å². The number of hydrogen-bond acceptors (Lipinski definition) is 3. The predicted octanol–water partition coefficient (Wildman–Crippen LogP) is 2.70. The second kappa shape index (κ2) is 5.92. The average Bonchev–Trinajstić information content (AvgIpc) is 2.41. The molecule has 1 saturated heterocycles. The van der Waals surface area contributed by atoms with Crippen LogP contribution in [0.15, 0.2) is 17.0 Å². The molecule has 0 radical (unpaired) electrons. The number of alkyl halides is 1. The molecule has 0 aromatic heterocycles. The minimum atomic E-state index is -3.52. The molecule has 1 aromatic rings. The Hall–Kier alpha value is -0.780. The van der Waals surface area contributed by atoms with E-state index in [-0.39, 0.29) is 10.3 Å². The summed E-state index contributed by atoms with van der Waals surface area (Å²) in [4.78, 5) is 0.246. The van der Waals surface area contributed by atoms with Crippen LogP contribution in [0.3, 0.4) is 0 Å². The zero-order valence-electron chi connectivity index (χ0n) is 12.0. The Morgan fingerprint density at radius 2 is 1.75 bits per heavy atom. The van der Waals surface area contributed by atoms with E-state index in [9.17, 15) is 8.42 Å². The highest BCUT2D eigenvalue weighted by molar-refractivity contribution is 7.89. The van der Waals surface area contributed by atoms with Crippen molar-refractivity contribution in [1.29, 1.82) is 0 Å². The van der Waals surface area contributed by atoms with Crippen LogP contribution in [0.1, 0.15) is 24.0 Å². The molecule has 20 heavy (non-hydrogen) atoms. The standard InChI is InChI=1S/C14H20ClNO3S/c1-10-8-13(19-3)14(9-11(10)2)20(17,18)16-6-4-12(15)5-7-16/h8-9,12H,4-7H2,1-3H3. The molecule has 4 nitrogen and oxygen atoms in total. The molecular formula is C14H20ClNO3S. The molecule has 1 heterocycles. The van der Waals surface area contributed by atoms with Crippen LogP contribution in [-0.2, 0) is 10.0 Å². The molecule has 1 aliphatic heterocycles. The van der Waals surface area contributed by atoms with E-state index < -0.39 is 10.0 Å². The van der Waals surface area contributed by atoms with Crippen LogP contribution in [-0.4, -0.2) is 38.3 Å². The summed E-state index contributed by atoms with van der Waals surface area (Å²) in [7, 11) is -2.02. The maximum atomic E-state index is 12.7. The van der Waals surface area contributed by atoms with Gasteiger partial charge in [0.15, 0.2) is 0 Å². The smallest absolute Gasteiger partial charge is 0.246 e. The van der Waals surface area contributed by atoms with Gasteiger partial charge in [-0.05, 0) is 49.9 Å². The number of halogens is 1. The lowest BCUT2D eigenvalue weighted by Crippen LogP contribution is -2.38. The van der Waals surface area contributed by atoms with E-state index in [1.807, 2.05) is 13.8 Å². The molecule has 0 aliphatic carbocycles. The van der Waals surface area contributed by atoms with E-state index in [0.29, 0.717) is 31.7 Å². The molecule has 0 saturated carbocycles. The van der Waals surface area contributed by atoms with Crippen molar-refractivity contribution in [2.75, 3.05) is 20.2 Å². The first kappa shape index (κ1) is 15.6.